The van der Waals surface area contributed by atoms with E-state index in [0.717, 1.165) is 16.6 Å². The maximum absolute atomic E-state index is 13.9. The monoisotopic (exact) mass is 413 g/mol. The minimum atomic E-state index is -0.234. The molecule has 2 aromatic carbocycles. The first-order valence-electron chi connectivity index (χ1n) is 6.89. The zero-order chi connectivity index (χ0) is 15.6. The van der Waals surface area contributed by atoms with Gasteiger partial charge in [-0.1, -0.05) is 41.1 Å². The third-order valence-electron chi connectivity index (χ3n) is 3.56. The van der Waals surface area contributed by atoms with Crippen LogP contribution in [0.15, 0.2) is 39.3 Å². The van der Waals surface area contributed by atoms with Crippen LogP contribution in [0, 0.1) is 19.7 Å². The molecule has 0 aliphatic carbocycles. The van der Waals surface area contributed by atoms with Gasteiger partial charge in [0.25, 0.3) is 0 Å². The molecule has 21 heavy (non-hydrogen) atoms. The Kier molecular flexibility index (Phi) is 5.58. The standard InChI is InChI=1S/C17H18Br2FN/c1-4-21-17(12-6-5-7-15(20)16(12)19)13-8-11(3)14(18)9-10(13)2/h5-9,17,21H,4H2,1-3H3. The van der Waals surface area contributed by atoms with Gasteiger partial charge in [0.2, 0.25) is 0 Å². The minimum Gasteiger partial charge on any atom is -0.306 e. The van der Waals surface area contributed by atoms with Crippen LogP contribution in [0.5, 0.6) is 0 Å². The van der Waals surface area contributed by atoms with Crippen molar-refractivity contribution in [2.45, 2.75) is 26.8 Å². The number of rotatable bonds is 4. The Balaban J connectivity index is 2.59. The van der Waals surface area contributed by atoms with E-state index in [1.165, 1.54) is 22.8 Å². The van der Waals surface area contributed by atoms with E-state index in [2.05, 4.69) is 70.1 Å². The molecule has 2 rings (SSSR count). The molecule has 0 fully saturated rings. The molecule has 0 aliphatic rings. The van der Waals surface area contributed by atoms with Gasteiger partial charge in [0.05, 0.1) is 10.5 Å². The third-order valence-corrected chi connectivity index (χ3v) is 5.25. The topological polar surface area (TPSA) is 12.0 Å². The molecule has 0 saturated carbocycles. The number of hydrogen-bond acceptors (Lipinski definition) is 1. The average molecular weight is 415 g/mol. The van der Waals surface area contributed by atoms with E-state index in [0.29, 0.717) is 4.47 Å². The molecule has 2 aromatic rings. The normalized spacial score (nSPS) is 12.5. The van der Waals surface area contributed by atoms with Crippen LogP contribution in [0.25, 0.3) is 0 Å². The molecule has 1 N–H and O–H groups in total. The molecule has 0 heterocycles. The van der Waals surface area contributed by atoms with Gasteiger partial charge in [-0.05, 0) is 70.7 Å². The molecule has 0 spiro atoms. The smallest absolute Gasteiger partial charge is 0.137 e. The Morgan fingerprint density at radius 3 is 2.48 bits per heavy atom. The molecular weight excluding hydrogens is 397 g/mol. The van der Waals surface area contributed by atoms with Crippen LogP contribution in [-0.4, -0.2) is 6.54 Å². The van der Waals surface area contributed by atoms with E-state index in [4.69, 9.17) is 0 Å². The fourth-order valence-electron chi connectivity index (χ4n) is 2.45. The van der Waals surface area contributed by atoms with Crippen molar-refractivity contribution in [3.05, 3.63) is 67.3 Å². The van der Waals surface area contributed by atoms with Gasteiger partial charge < -0.3 is 5.32 Å². The van der Waals surface area contributed by atoms with Crippen molar-refractivity contribution in [3.8, 4) is 0 Å². The van der Waals surface area contributed by atoms with Gasteiger partial charge in [0, 0.05) is 4.47 Å². The predicted octanol–water partition coefficient (Wildman–Crippen LogP) is 5.67. The number of halogens is 3. The average Bonchev–Trinajstić information content (AvgIpc) is 2.44. The van der Waals surface area contributed by atoms with Crippen molar-refractivity contribution < 1.29 is 4.39 Å². The SMILES string of the molecule is CCNC(c1cc(C)c(Br)cc1C)c1cccc(F)c1Br. The molecule has 0 aromatic heterocycles. The lowest BCUT2D eigenvalue weighted by Crippen LogP contribution is -2.23. The highest BCUT2D eigenvalue weighted by atomic mass is 79.9. The van der Waals surface area contributed by atoms with Crippen LogP contribution in [-0.2, 0) is 0 Å². The largest absolute Gasteiger partial charge is 0.306 e. The summed E-state index contributed by atoms with van der Waals surface area (Å²) in [4.78, 5) is 0. The molecule has 0 amide bonds. The molecular formula is C17H18Br2FN. The summed E-state index contributed by atoms with van der Waals surface area (Å²) in [6.07, 6.45) is 0. The van der Waals surface area contributed by atoms with Gasteiger partial charge in [-0.2, -0.15) is 0 Å². The Hall–Kier alpha value is -0.710. The van der Waals surface area contributed by atoms with Gasteiger partial charge in [-0.3, -0.25) is 0 Å². The second-order valence-electron chi connectivity index (χ2n) is 5.09. The summed E-state index contributed by atoms with van der Waals surface area (Å²) < 4.78 is 15.5. The predicted molar refractivity (Wildman–Crippen MR) is 93.2 cm³/mol. The quantitative estimate of drug-likeness (QED) is 0.679. The Bertz CT molecular complexity index is 655. The lowest BCUT2D eigenvalue weighted by molar-refractivity contribution is 0.594. The fraction of sp³-hybridized carbons (Fsp3) is 0.294. The van der Waals surface area contributed by atoms with E-state index in [1.807, 2.05) is 6.07 Å². The summed E-state index contributed by atoms with van der Waals surface area (Å²) in [6, 6.07) is 9.41. The first kappa shape index (κ1) is 16.7. The van der Waals surface area contributed by atoms with Gasteiger partial charge in [-0.15, -0.1) is 0 Å². The number of aryl methyl sites for hydroxylation is 2. The molecule has 0 saturated heterocycles. The number of benzene rings is 2. The first-order valence-corrected chi connectivity index (χ1v) is 8.48. The molecule has 0 radical (unpaired) electrons. The highest BCUT2D eigenvalue weighted by Crippen LogP contribution is 2.33. The van der Waals surface area contributed by atoms with Crippen molar-refractivity contribution in [2.75, 3.05) is 6.54 Å². The molecule has 4 heteroatoms. The van der Waals surface area contributed by atoms with Crippen molar-refractivity contribution in [3.63, 3.8) is 0 Å². The summed E-state index contributed by atoms with van der Waals surface area (Å²) in [6.45, 7) is 7.01. The van der Waals surface area contributed by atoms with Crippen molar-refractivity contribution in [1.29, 1.82) is 0 Å². The lowest BCUT2D eigenvalue weighted by atomic mass is 9.93. The second kappa shape index (κ2) is 7.03. The number of nitrogens with one attached hydrogen (secondary N) is 1. The maximum Gasteiger partial charge on any atom is 0.137 e. The zero-order valence-corrected chi connectivity index (χ0v) is 15.5. The Morgan fingerprint density at radius 1 is 1.10 bits per heavy atom. The van der Waals surface area contributed by atoms with Crippen LogP contribution in [0.4, 0.5) is 4.39 Å². The number of hydrogen-bond donors (Lipinski definition) is 1. The summed E-state index contributed by atoms with van der Waals surface area (Å²) in [5.41, 5.74) is 4.44. The maximum atomic E-state index is 13.9. The lowest BCUT2D eigenvalue weighted by Gasteiger charge is -2.23. The van der Waals surface area contributed by atoms with E-state index >= 15 is 0 Å². The van der Waals surface area contributed by atoms with Gasteiger partial charge in [0.1, 0.15) is 5.82 Å². The van der Waals surface area contributed by atoms with Gasteiger partial charge in [0.15, 0.2) is 0 Å². The molecule has 1 atom stereocenters. The highest BCUT2D eigenvalue weighted by Gasteiger charge is 2.20. The molecule has 112 valence electrons. The third kappa shape index (κ3) is 3.55. The molecule has 0 aliphatic heterocycles. The van der Waals surface area contributed by atoms with Crippen LogP contribution in [0.1, 0.15) is 35.2 Å². The Morgan fingerprint density at radius 2 is 1.81 bits per heavy atom. The highest BCUT2D eigenvalue weighted by molar-refractivity contribution is 9.10. The van der Waals surface area contributed by atoms with Crippen LogP contribution < -0.4 is 5.32 Å². The Labute approximate surface area is 142 Å². The summed E-state index contributed by atoms with van der Waals surface area (Å²) in [7, 11) is 0. The second-order valence-corrected chi connectivity index (χ2v) is 6.74. The first-order chi connectivity index (χ1) is 9.95. The van der Waals surface area contributed by atoms with E-state index in [1.54, 1.807) is 6.07 Å². The summed E-state index contributed by atoms with van der Waals surface area (Å²) in [5.74, 6) is -0.234. The van der Waals surface area contributed by atoms with E-state index < -0.39 is 0 Å². The fourth-order valence-corrected chi connectivity index (χ4v) is 3.40. The van der Waals surface area contributed by atoms with Crippen molar-refractivity contribution >= 4 is 31.9 Å². The van der Waals surface area contributed by atoms with E-state index in [-0.39, 0.29) is 11.9 Å². The zero-order valence-electron chi connectivity index (χ0n) is 12.3. The summed E-state index contributed by atoms with van der Waals surface area (Å²) in [5, 5.41) is 3.46. The van der Waals surface area contributed by atoms with E-state index in [9.17, 15) is 4.39 Å². The molecule has 1 nitrogen and oxygen atoms in total. The van der Waals surface area contributed by atoms with Gasteiger partial charge >= 0.3 is 0 Å². The molecule has 1 unspecified atom stereocenters. The van der Waals surface area contributed by atoms with Crippen LogP contribution >= 0.6 is 31.9 Å². The van der Waals surface area contributed by atoms with Crippen LogP contribution in [0.2, 0.25) is 0 Å². The van der Waals surface area contributed by atoms with Crippen LogP contribution in [0.3, 0.4) is 0 Å². The van der Waals surface area contributed by atoms with Gasteiger partial charge in [-0.25, -0.2) is 4.39 Å². The van der Waals surface area contributed by atoms with Crippen molar-refractivity contribution in [2.24, 2.45) is 0 Å². The minimum absolute atomic E-state index is 0.0353. The van der Waals surface area contributed by atoms with Crippen molar-refractivity contribution in [1.82, 2.24) is 5.32 Å². The molecule has 0 bridgehead atoms. The summed E-state index contributed by atoms with van der Waals surface area (Å²) >= 11 is 6.94.